The molecule has 2 rings (SSSR count). The van der Waals surface area contributed by atoms with Gasteiger partial charge in [-0.1, -0.05) is 50.1 Å². The van der Waals surface area contributed by atoms with E-state index in [-0.39, 0.29) is 6.10 Å². The van der Waals surface area contributed by atoms with Gasteiger partial charge in [0.1, 0.15) is 6.10 Å². The summed E-state index contributed by atoms with van der Waals surface area (Å²) in [6, 6.07) is 10.0. The van der Waals surface area contributed by atoms with Crippen molar-refractivity contribution >= 4 is 6.47 Å². The summed E-state index contributed by atoms with van der Waals surface area (Å²) in [5.41, 5.74) is 3.02. The van der Waals surface area contributed by atoms with Crippen LogP contribution in [0, 0.1) is 0 Å². The third-order valence-electron chi connectivity index (χ3n) is 3.32. The summed E-state index contributed by atoms with van der Waals surface area (Å²) in [7, 11) is 0. The number of rotatable bonds is 8. The molecule has 1 atom stereocenters. The van der Waals surface area contributed by atoms with Crippen LogP contribution in [0.4, 0.5) is 0 Å². The monoisotopic (exact) mass is 272 g/mol. The molecule has 0 bridgehead atoms. The van der Waals surface area contributed by atoms with Gasteiger partial charge in [0.2, 0.25) is 0 Å². The van der Waals surface area contributed by atoms with Crippen molar-refractivity contribution in [3.8, 4) is 11.3 Å². The van der Waals surface area contributed by atoms with E-state index in [0.29, 0.717) is 12.9 Å². The minimum Gasteiger partial charge on any atom is -0.464 e. The zero-order valence-corrected chi connectivity index (χ0v) is 11.7. The van der Waals surface area contributed by atoms with Crippen molar-refractivity contribution < 1.29 is 9.53 Å². The molecule has 0 saturated carbocycles. The van der Waals surface area contributed by atoms with Gasteiger partial charge in [-0.2, -0.15) is 0 Å². The SMILES string of the molecule is CCCCC(Cc1[nH]cnc1-c1ccccc1)OC=O. The van der Waals surface area contributed by atoms with E-state index in [4.69, 9.17) is 4.74 Å². The summed E-state index contributed by atoms with van der Waals surface area (Å²) in [5.74, 6) is 0. The number of aromatic nitrogens is 2. The molecule has 20 heavy (non-hydrogen) atoms. The summed E-state index contributed by atoms with van der Waals surface area (Å²) >= 11 is 0. The van der Waals surface area contributed by atoms with Gasteiger partial charge < -0.3 is 9.72 Å². The van der Waals surface area contributed by atoms with Crippen molar-refractivity contribution in [1.82, 2.24) is 9.97 Å². The fourth-order valence-corrected chi connectivity index (χ4v) is 2.28. The normalized spacial score (nSPS) is 12.1. The van der Waals surface area contributed by atoms with Gasteiger partial charge in [0.25, 0.3) is 6.47 Å². The Balaban J connectivity index is 2.12. The first-order valence-corrected chi connectivity index (χ1v) is 7.02. The standard InChI is InChI=1S/C16H20N2O2/c1-2-3-9-14(20-12-19)10-15-16(18-11-17-15)13-7-5-4-6-8-13/h4-8,11-12,14H,2-3,9-10H2,1H3,(H,17,18). The average molecular weight is 272 g/mol. The summed E-state index contributed by atoms with van der Waals surface area (Å²) in [6.45, 7) is 2.67. The van der Waals surface area contributed by atoms with Gasteiger partial charge in [-0.05, 0) is 6.42 Å². The fraction of sp³-hybridized carbons (Fsp3) is 0.375. The number of ether oxygens (including phenoxy) is 1. The molecule has 1 N–H and O–H groups in total. The number of carbonyl (C=O) groups excluding carboxylic acids is 1. The second kappa shape index (κ2) is 7.48. The van der Waals surface area contributed by atoms with Crippen molar-refractivity contribution in [2.24, 2.45) is 0 Å². The van der Waals surface area contributed by atoms with Crippen LogP contribution < -0.4 is 0 Å². The van der Waals surface area contributed by atoms with Gasteiger partial charge in [-0.15, -0.1) is 0 Å². The van der Waals surface area contributed by atoms with Gasteiger partial charge in [-0.3, -0.25) is 4.79 Å². The van der Waals surface area contributed by atoms with Crippen LogP contribution in [0.3, 0.4) is 0 Å². The number of aromatic amines is 1. The Hall–Kier alpha value is -2.10. The van der Waals surface area contributed by atoms with Gasteiger partial charge >= 0.3 is 0 Å². The van der Waals surface area contributed by atoms with Gasteiger partial charge in [0.15, 0.2) is 0 Å². The van der Waals surface area contributed by atoms with E-state index in [1.54, 1.807) is 6.33 Å². The van der Waals surface area contributed by atoms with E-state index in [1.807, 2.05) is 30.3 Å². The molecule has 1 heterocycles. The third-order valence-corrected chi connectivity index (χ3v) is 3.32. The second-order valence-electron chi connectivity index (χ2n) is 4.80. The highest BCUT2D eigenvalue weighted by Crippen LogP contribution is 2.22. The van der Waals surface area contributed by atoms with Crippen LogP contribution in [0.5, 0.6) is 0 Å². The quantitative estimate of drug-likeness (QED) is 0.750. The second-order valence-corrected chi connectivity index (χ2v) is 4.80. The van der Waals surface area contributed by atoms with Crippen LogP contribution in [0.2, 0.25) is 0 Å². The molecule has 4 nitrogen and oxygen atoms in total. The molecule has 1 aromatic heterocycles. The first-order chi connectivity index (χ1) is 9.85. The summed E-state index contributed by atoms with van der Waals surface area (Å²) < 4.78 is 5.18. The van der Waals surface area contributed by atoms with Crippen LogP contribution in [0.25, 0.3) is 11.3 Å². The van der Waals surface area contributed by atoms with E-state index in [1.165, 1.54) is 0 Å². The Morgan fingerprint density at radius 1 is 1.35 bits per heavy atom. The van der Waals surface area contributed by atoms with Crippen LogP contribution in [-0.2, 0) is 16.0 Å². The average Bonchev–Trinajstić information content (AvgIpc) is 2.94. The van der Waals surface area contributed by atoms with Crippen molar-refractivity contribution in [3.05, 3.63) is 42.4 Å². The van der Waals surface area contributed by atoms with Crippen molar-refractivity contribution in [2.45, 2.75) is 38.7 Å². The number of nitrogens with zero attached hydrogens (tertiary/aromatic N) is 1. The third kappa shape index (κ3) is 3.70. The number of hydrogen-bond donors (Lipinski definition) is 1. The van der Waals surface area contributed by atoms with E-state index >= 15 is 0 Å². The summed E-state index contributed by atoms with van der Waals surface area (Å²) in [5, 5.41) is 0. The first-order valence-electron chi connectivity index (χ1n) is 7.02. The van der Waals surface area contributed by atoms with Gasteiger partial charge in [-0.25, -0.2) is 4.98 Å². The summed E-state index contributed by atoms with van der Waals surface area (Å²) in [6.07, 6.45) is 5.29. The lowest BCUT2D eigenvalue weighted by Crippen LogP contribution is -2.16. The largest absolute Gasteiger partial charge is 0.464 e. The van der Waals surface area contributed by atoms with Gasteiger partial charge in [0, 0.05) is 17.7 Å². The van der Waals surface area contributed by atoms with Crippen LogP contribution >= 0.6 is 0 Å². The van der Waals surface area contributed by atoms with E-state index in [2.05, 4.69) is 16.9 Å². The molecule has 2 aromatic rings. The minimum atomic E-state index is -0.0876. The molecular formula is C16H20N2O2. The highest BCUT2D eigenvalue weighted by Gasteiger charge is 2.15. The number of unbranched alkanes of at least 4 members (excludes halogenated alkanes) is 1. The maximum atomic E-state index is 10.6. The molecule has 0 aliphatic carbocycles. The van der Waals surface area contributed by atoms with E-state index in [0.717, 1.165) is 36.2 Å². The van der Waals surface area contributed by atoms with Gasteiger partial charge in [0.05, 0.1) is 12.0 Å². The number of hydrogen-bond acceptors (Lipinski definition) is 3. The molecule has 1 aromatic carbocycles. The lowest BCUT2D eigenvalue weighted by Gasteiger charge is -2.14. The zero-order valence-electron chi connectivity index (χ0n) is 11.7. The lowest BCUT2D eigenvalue weighted by atomic mass is 10.0. The van der Waals surface area contributed by atoms with Crippen LogP contribution in [-0.4, -0.2) is 22.5 Å². The van der Waals surface area contributed by atoms with Crippen molar-refractivity contribution in [3.63, 3.8) is 0 Å². The molecule has 0 amide bonds. The Morgan fingerprint density at radius 3 is 2.85 bits per heavy atom. The molecule has 0 fully saturated rings. The molecule has 0 aliphatic rings. The number of H-pyrrole nitrogens is 1. The lowest BCUT2D eigenvalue weighted by molar-refractivity contribution is -0.133. The molecule has 1 unspecified atom stereocenters. The van der Waals surface area contributed by atoms with E-state index in [9.17, 15) is 4.79 Å². The first kappa shape index (κ1) is 14.3. The fourth-order valence-electron chi connectivity index (χ4n) is 2.28. The molecule has 0 aliphatic heterocycles. The van der Waals surface area contributed by atoms with Crippen LogP contribution in [0.15, 0.2) is 36.7 Å². The maximum absolute atomic E-state index is 10.6. The Kier molecular flexibility index (Phi) is 5.35. The molecule has 0 spiro atoms. The Bertz CT molecular complexity index is 522. The van der Waals surface area contributed by atoms with E-state index < -0.39 is 0 Å². The topological polar surface area (TPSA) is 55.0 Å². The summed E-state index contributed by atoms with van der Waals surface area (Å²) in [4.78, 5) is 18.2. The zero-order chi connectivity index (χ0) is 14.2. The molecule has 0 saturated heterocycles. The number of carbonyl (C=O) groups is 1. The Morgan fingerprint density at radius 2 is 2.15 bits per heavy atom. The molecule has 106 valence electrons. The highest BCUT2D eigenvalue weighted by molar-refractivity contribution is 5.61. The molecule has 0 radical (unpaired) electrons. The molecule has 4 heteroatoms. The van der Waals surface area contributed by atoms with Crippen molar-refractivity contribution in [1.29, 1.82) is 0 Å². The minimum absolute atomic E-state index is 0.0876. The molecular weight excluding hydrogens is 252 g/mol. The predicted octanol–water partition coefficient (Wildman–Crippen LogP) is 3.35. The smallest absolute Gasteiger partial charge is 0.293 e. The Labute approximate surface area is 119 Å². The maximum Gasteiger partial charge on any atom is 0.293 e. The predicted molar refractivity (Wildman–Crippen MR) is 78.2 cm³/mol. The number of imidazole rings is 1. The highest BCUT2D eigenvalue weighted by atomic mass is 16.5. The number of nitrogens with one attached hydrogen (secondary N) is 1. The van der Waals surface area contributed by atoms with Crippen LogP contribution in [0.1, 0.15) is 31.9 Å². The number of benzene rings is 1. The van der Waals surface area contributed by atoms with Crippen molar-refractivity contribution in [2.75, 3.05) is 0 Å².